The van der Waals surface area contributed by atoms with Crippen molar-refractivity contribution >= 4 is 0 Å². The summed E-state index contributed by atoms with van der Waals surface area (Å²) in [6.07, 6.45) is 4.07. The molecule has 1 aromatic rings. The Balaban J connectivity index is 2.01. The van der Waals surface area contributed by atoms with Gasteiger partial charge in [0.2, 0.25) is 0 Å². The molecule has 16 heavy (non-hydrogen) atoms. The Labute approximate surface area is 97.0 Å². The Morgan fingerprint density at radius 2 is 2.25 bits per heavy atom. The number of hydrogen-bond donors (Lipinski definition) is 1. The van der Waals surface area contributed by atoms with E-state index in [0.29, 0.717) is 11.3 Å². The first-order valence-corrected chi connectivity index (χ1v) is 6.12. The molecule has 0 aromatic heterocycles. The second-order valence-corrected chi connectivity index (χ2v) is 5.19. The minimum Gasteiger partial charge on any atom is -0.497 e. The summed E-state index contributed by atoms with van der Waals surface area (Å²) in [6.45, 7) is 1.10. The molecular formula is C14H19NO. The first kappa shape index (κ1) is 10.2. The number of hydrogen-bond acceptors (Lipinski definition) is 2. The largest absolute Gasteiger partial charge is 0.497 e. The van der Waals surface area contributed by atoms with Crippen LogP contribution in [0.4, 0.5) is 0 Å². The summed E-state index contributed by atoms with van der Waals surface area (Å²) < 4.78 is 5.34. The zero-order chi connectivity index (χ0) is 11.2. The van der Waals surface area contributed by atoms with E-state index in [4.69, 9.17) is 4.74 Å². The standard InChI is InChI=1S/C14H19NO/c1-15-9-10-8-14(5-6-14)13-7-11(16-2)3-4-12(10)13/h3-4,7,10,15H,5-6,8-9H2,1-2H3. The van der Waals surface area contributed by atoms with Crippen LogP contribution in [0.25, 0.3) is 0 Å². The quantitative estimate of drug-likeness (QED) is 0.839. The molecule has 0 aliphatic heterocycles. The molecule has 86 valence electrons. The van der Waals surface area contributed by atoms with Gasteiger partial charge in [-0.15, -0.1) is 0 Å². The number of nitrogens with one attached hydrogen (secondary N) is 1. The Morgan fingerprint density at radius 3 is 2.88 bits per heavy atom. The molecule has 3 rings (SSSR count). The van der Waals surface area contributed by atoms with Gasteiger partial charge < -0.3 is 10.1 Å². The molecule has 1 N–H and O–H groups in total. The van der Waals surface area contributed by atoms with E-state index in [9.17, 15) is 0 Å². The van der Waals surface area contributed by atoms with Crippen molar-refractivity contribution in [3.8, 4) is 5.75 Å². The van der Waals surface area contributed by atoms with E-state index in [-0.39, 0.29) is 0 Å². The lowest BCUT2D eigenvalue weighted by Gasteiger charge is -2.10. The molecule has 1 fully saturated rings. The summed E-state index contributed by atoms with van der Waals surface area (Å²) >= 11 is 0. The van der Waals surface area contributed by atoms with Crippen LogP contribution in [0.15, 0.2) is 18.2 Å². The summed E-state index contributed by atoms with van der Waals surface area (Å²) in [7, 11) is 3.79. The molecule has 2 aliphatic rings. The highest BCUT2D eigenvalue weighted by Gasteiger charge is 2.51. The van der Waals surface area contributed by atoms with Crippen LogP contribution in [-0.4, -0.2) is 20.7 Å². The van der Waals surface area contributed by atoms with Gasteiger partial charge in [-0.25, -0.2) is 0 Å². The maximum Gasteiger partial charge on any atom is 0.119 e. The molecule has 1 aromatic carbocycles. The Bertz CT molecular complexity index is 409. The van der Waals surface area contributed by atoms with Gasteiger partial charge in [0.05, 0.1) is 7.11 Å². The lowest BCUT2D eigenvalue weighted by Crippen LogP contribution is -2.15. The summed E-state index contributed by atoms with van der Waals surface area (Å²) in [4.78, 5) is 0. The highest BCUT2D eigenvalue weighted by atomic mass is 16.5. The van der Waals surface area contributed by atoms with Crippen molar-refractivity contribution < 1.29 is 4.74 Å². The van der Waals surface area contributed by atoms with E-state index in [2.05, 4.69) is 23.5 Å². The van der Waals surface area contributed by atoms with Gasteiger partial charge in [0.1, 0.15) is 5.75 Å². The fourth-order valence-corrected chi connectivity index (χ4v) is 3.22. The van der Waals surface area contributed by atoms with Gasteiger partial charge in [0.15, 0.2) is 0 Å². The zero-order valence-corrected chi connectivity index (χ0v) is 10.0. The molecule has 0 radical (unpaired) electrons. The minimum atomic E-state index is 0.519. The van der Waals surface area contributed by atoms with Crippen molar-refractivity contribution in [3.05, 3.63) is 29.3 Å². The van der Waals surface area contributed by atoms with Crippen molar-refractivity contribution in [1.29, 1.82) is 0 Å². The summed E-state index contributed by atoms with van der Waals surface area (Å²) in [5.74, 6) is 1.71. The highest BCUT2D eigenvalue weighted by molar-refractivity contribution is 5.50. The zero-order valence-electron chi connectivity index (χ0n) is 10.0. The van der Waals surface area contributed by atoms with Gasteiger partial charge in [0, 0.05) is 6.54 Å². The fraction of sp³-hybridized carbons (Fsp3) is 0.571. The van der Waals surface area contributed by atoms with Crippen molar-refractivity contribution in [2.24, 2.45) is 0 Å². The van der Waals surface area contributed by atoms with E-state index in [1.807, 2.05) is 7.05 Å². The maximum atomic E-state index is 5.34. The first-order valence-electron chi connectivity index (χ1n) is 6.12. The van der Waals surface area contributed by atoms with Gasteiger partial charge in [-0.05, 0) is 60.9 Å². The highest BCUT2D eigenvalue weighted by Crippen LogP contribution is 2.60. The SMILES string of the molecule is CNCC1CC2(CC2)c2cc(OC)ccc21. The van der Waals surface area contributed by atoms with Crippen molar-refractivity contribution in [2.45, 2.75) is 30.6 Å². The molecule has 1 saturated carbocycles. The van der Waals surface area contributed by atoms with Crippen LogP contribution in [0, 0.1) is 0 Å². The number of likely N-dealkylation sites (N-methyl/N-ethyl adjacent to an activating group) is 1. The summed E-state index contributed by atoms with van der Waals surface area (Å²) in [5, 5.41) is 3.31. The van der Waals surface area contributed by atoms with Crippen LogP contribution < -0.4 is 10.1 Å². The predicted octanol–water partition coefficient (Wildman–Crippen LogP) is 2.43. The third-order valence-electron chi connectivity index (χ3n) is 4.21. The molecular weight excluding hydrogens is 198 g/mol. The van der Waals surface area contributed by atoms with Crippen LogP contribution in [0.3, 0.4) is 0 Å². The molecule has 1 unspecified atom stereocenters. The molecule has 0 bridgehead atoms. The maximum absolute atomic E-state index is 5.34. The van der Waals surface area contributed by atoms with Crippen LogP contribution in [-0.2, 0) is 5.41 Å². The first-order chi connectivity index (χ1) is 7.79. The molecule has 1 atom stereocenters. The van der Waals surface area contributed by atoms with Gasteiger partial charge in [-0.3, -0.25) is 0 Å². The Morgan fingerprint density at radius 1 is 1.44 bits per heavy atom. The van der Waals surface area contributed by atoms with Crippen LogP contribution in [0.2, 0.25) is 0 Å². The lowest BCUT2D eigenvalue weighted by atomic mass is 9.98. The van der Waals surface area contributed by atoms with Crippen molar-refractivity contribution in [2.75, 3.05) is 20.7 Å². The summed E-state index contributed by atoms with van der Waals surface area (Å²) in [6, 6.07) is 6.63. The summed E-state index contributed by atoms with van der Waals surface area (Å²) in [5.41, 5.74) is 3.63. The van der Waals surface area contributed by atoms with Gasteiger partial charge in [-0.2, -0.15) is 0 Å². The average molecular weight is 217 g/mol. The number of rotatable bonds is 3. The average Bonchev–Trinajstić information content (AvgIpc) is 3.02. The third kappa shape index (κ3) is 1.36. The lowest BCUT2D eigenvalue weighted by molar-refractivity contribution is 0.414. The number of fused-ring (bicyclic) bond motifs is 2. The Hall–Kier alpha value is -1.02. The van der Waals surface area contributed by atoms with Crippen molar-refractivity contribution in [1.82, 2.24) is 5.32 Å². The fourth-order valence-electron chi connectivity index (χ4n) is 3.22. The predicted molar refractivity (Wildman–Crippen MR) is 65.2 cm³/mol. The Kier molecular flexibility index (Phi) is 2.21. The van der Waals surface area contributed by atoms with E-state index in [1.165, 1.54) is 19.3 Å². The van der Waals surface area contributed by atoms with Crippen LogP contribution in [0.1, 0.15) is 36.3 Å². The van der Waals surface area contributed by atoms with E-state index in [0.717, 1.165) is 12.3 Å². The number of methoxy groups -OCH3 is 1. The monoisotopic (exact) mass is 217 g/mol. The molecule has 0 amide bonds. The van der Waals surface area contributed by atoms with Crippen LogP contribution in [0.5, 0.6) is 5.75 Å². The molecule has 0 saturated heterocycles. The van der Waals surface area contributed by atoms with Gasteiger partial charge >= 0.3 is 0 Å². The number of benzene rings is 1. The van der Waals surface area contributed by atoms with E-state index in [1.54, 1.807) is 18.2 Å². The van der Waals surface area contributed by atoms with E-state index >= 15 is 0 Å². The van der Waals surface area contributed by atoms with Gasteiger partial charge in [0.25, 0.3) is 0 Å². The topological polar surface area (TPSA) is 21.3 Å². The van der Waals surface area contributed by atoms with Gasteiger partial charge in [-0.1, -0.05) is 6.07 Å². The molecule has 0 heterocycles. The minimum absolute atomic E-state index is 0.519. The third-order valence-corrected chi connectivity index (χ3v) is 4.21. The molecule has 2 aliphatic carbocycles. The molecule has 2 nitrogen and oxygen atoms in total. The van der Waals surface area contributed by atoms with E-state index < -0.39 is 0 Å². The van der Waals surface area contributed by atoms with Crippen molar-refractivity contribution in [3.63, 3.8) is 0 Å². The smallest absolute Gasteiger partial charge is 0.119 e. The molecule has 2 heteroatoms. The second-order valence-electron chi connectivity index (χ2n) is 5.19. The number of ether oxygens (including phenoxy) is 1. The van der Waals surface area contributed by atoms with Crippen LogP contribution >= 0.6 is 0 Å². The second kappa shape index (κ2) is 3.49. The molecule has 1 spiro atoms. The normalized spacial score (nSPS) is 24.5.